The molecule has 0 aliphatic rings. The third-order valence-corrected chi connectivity index (χ3v) is 3.96. The van der Waals surface area contributed by atoms with Crippen molar-refractivity contribution in [3.63, 3.8) is 0 Å². The first-order chi connectivity index (χ1) is 9.04. The van der Waals surface area contributed by atoms with E-state index in [-0.39, 0.29) is 5.82 Å². The van der Waals surface area contributed by atoms with Gasteiger partial charge in [-0.2, -0.15) is 0 Å². The summed E-state index contributed by atoms with van der Waals surface area (Å²) in [5, 5.41) is 13.3. The smallest absolute Gasteiger partial charge is 0.147 e. The third-order valence-electron chi connectivity index (χ3n) is 2.47. The van der Waals surface area contributed by atoms with E-state index in [1.165, 1.54) is 23.5 Å². The maximum absolute atomic E-state index is 13.3. The fourth-order valence-electron chi connectivity index (χ4n) is 1.62. The molecule has 1 aromatic carbocycles. The summed E-state index contributed by atoms with van der Waals surface area (Å²) in [6, 6.07) is 5.21. The lowest BCUT2D eigenvalue weighted by Gasteiger charge is -2.05. The molecule has 0 saturated carbocycles. The standard InChI is InChI=1S/C13H15BrFN3S/c1-8(2)16-4-3-12-17-18-13(19-12)9-5-10(14)7-11(15)6-9/h5-8,16H,3-4H2,1-2H3. The molecule has 0 amide bonds. The molecule has 3 nitrogen and oxygen atoms in total. The van der Waals surface area contributed by atoms with Gasteiger partial charge in [-0.1, -0.05) is 41.1 Å². The highest BCUT2D eigenvalue weighted by Crippen LogP contribution is 2.27. The summed E-state index contributed by atoms with van der Waals surface area (Å²) in [5.74, 6) is -0.275. The second-order valence-corrected chi connectivity index (χ2v) is 6.50. The van der Waals surface area contributed by atoms with E-state index in [1.807, 2.05) is 6.07 Å². The molecule has 0 atom stereocenters. The molecule has 19 heavy (non-hydrogen) atoms. The van der Waals surface area contributed by atoms with Crippen LogP contribution in [0.15, 0.2) is 22.7 Å². The molecule has 6 heteroatoms. The Morgan fingerprint density at radius 1 is 1.32 bits per heavy atom. The van der Waals surface area contributed by atoms with Crippen LogP contribution in [-0.4, -0.2) is 22.8 Å². The molecule has 2 rings (SSSR count). The minimum atomic E-state index is -0.275. The molecule has 0 fully saturated rings. The van der Waals surface area contributed by atoms with Gasteiger partial charge >= 0.3 is 0 Å². The van der Waals surface area contributed by atoms with E-state index >= 15 is 0 Å². The summed E-state index contributed by atoms with van der Waals surface area (Å²) in [4.78, 5) is 0. The number of nitrogens with zero attached hydrogens (tertiary/aromatic N) is 2. The highest BCUT2D eigenvalue weighted by atomic mass is 79.9. The molecule has 0 unspecified atom stereocenters. The predicted molar refractivity (Wildman–Crippen MR) is 79.8 cm³/mol. The van der Waals surface area contributed by atoms with Crippen LogP contribution < -0.4 is 5.32 Å². The Kier molecular flexibility index (Phi) is 5.01. The quantitative estimate of drug-likeness (QED) is 0.900. The summed E-state index contributed by atoms with van der Waals surface area (Å²) in [7, 11) is 0. The van der Waals surface area contributed by atoms with Gasteiger partial charge in [0, 0.05) is 29.0 Å². The molecule has 1 N–H and O–H groups in total. The minimum absolute atomic E-state index is 0.275. The maximum atomic E-state index is 13.3. The van der Waals surface area contributed by atoms with Crippen molar-refractivity contribution in [3.8, 4) is 10.6 Å². The van der Waals surface area contributed by atoms with E-state index in [2.05, 4.69) is 45.3 Å². The van der Waals surface area contributed by atoms with Crippen molar-refractivity contribution in [2.75, 3.05) is 6.54 Å². The topological polar surface area (TPSA) is 37.8 Å². The number of aromatic nitrogens is 2. The molecule has 2 aromatic rings. The zero-order valence-corrected chi connectivity index (χ0v) is 13.2. The molecule has 0 aliphatic carbocycles. The number of hydrogen-bond donors (Lipinski definition) is 1. The normalized spacial score (nSPS) is 11.2. The maximum Gasteiger partial charge on any atom is 0.147 e. The van der Waals surface area contributed by atoms with E-state index in [0.717, 1.165) is 28.5 Å². The molecular weight excluding hydrogens is 329 g/mol. The van der Waals surface area contributed by atoms with Crippen LogP contribution in [0.3, 0.4) is 0 Å². The summed E-state index contributed by atoms with van der Waals surface area (Å²) in [6.45, 7) is 5.09. The second kappa shape index (κ2) is 6.54. The van der Waals surface area contributed by atoms with E-state index < -0.39 is 0 Å². The second-order valence-electron chi connectivity index (χ2n) is 4.52. The molecule has 1 aromatic heterocycles. The lowest BCUT2D eigenvalue weighted by atomic mass is 10.2. The number of halogens is 2. The van der Waals surface area contributed by atoms with Crippen LogP contribution >= 0.6 is 27.3 Å². The van der Waals surface area contributed by atoms with Gasteiger partial charge in [-0.3, -0.25) is 0 Å². The largest absolute Gasteiger partial charge is 0.314 e. The Morgan fingerprint density at radius 2 is 2.11 bits per heavy atom. The lowest BCUT2D eigenvalue weighted by Crippen LogP contribution is -2.24. The van der Waals surface area contributed by atoms with Gasteiger partial charge in [0.1, 0.15) is 15.8 Å². The molecule has 1 heterocycles. The monoisotopic (exact) mass is 343 g/mol. The number of benzene rings is 1. The Balaban J connectivity index is 2.07. The average molecular weight is 344 g/mol. The molecule has 0 aliphatic heterocycles. The van der Waals surface area contributed by atoms with Crippen molar-refractivity contribution in [2.24, 2.45) is 0 Å². The Bertz CT molecular complexity index is 536. The van der Waals surface area contributed by atoms with Crippen LogP contribution in [0.4, 0.5) is 4.39 Å². The van der Waals surface area contributed by atoms with Crippen LogP contribution in [0.1, 0.15) is 18.9 Å². The van der Waals surface area contributed by atoms with Gasteiger partial charge in [-0.25, -0.2) is 4.39 Å². The molecule has 0 spiro atoms. The van der Waals surface area contributed by atoms with Crippen molar-refractivity contribution >= 4 is 27.3 Å². The molecule has 102 valence electrons. The SMILES string of the molecule is CC(C)NCCc1nnc(-c2cc(F)cc(Br)c2)s1. The van der Waals surface area contributed by atoms with Crippen molar-refractivity contribution in [2.45, 2.75) is 26.3 Å². The summed E-state index contributed by atoms with van der Waals surface area (Å²) < 4.78 is 14.0. The van der Waals surface area contributed by atoms with Crippen molar-refractivity contribution in [1.82, 2.24) is 15.5 Å². The zero-order chi connectivity index (χ0) is 13.8. The summed E-state index contributed by atoms with van der Waals surface area (Å²) >= 11 is 4.79. The Labute approximate surface area is 124 Å². The predicted octanol–water partition coefficient (Wildman–Crippen LogP) is 3.65. The number of rotatable bonds is 5. The highest BCUT2D eigenvalue weighted by molar-refractivity contribution is 9.10. The molecular formula is C13H15BrFN3S. The highest BCUT2D eigenvalue weighted by Gasteiger charge is 2.08. The van der Waals surface area contributed by atoms with Gasteiger partial charge in [-0.15, -0.1) is 10.2 Å². The van der Waals surface area contributed by atoms with Crippen LogP contribution in [0.25, 0.3) is 10.6 Å². The summed E-state index contributed by atoms with van der Waals surface area (Å²) in [5.41, 5.74) is 0.757. The average Bonchev–Trinajstić information content (AvgIpc) is 2.76. The van der Waals surface area contributed by atoms with Gasteiger partial charge in [0.15, 0.2) is 0 Å². The van der Waals surface area contributed by atoms with Crippen molar-refractivity contribution < 1.29 is 4.39 Å². The molecule has 0 radical (unpaired) electrons. The first kappa shape index (κ1) is 14.6. The van der Waals surface area contributed by atoms with Gasteiger partial charge in [0.2, 0.25) is 0 Å². The first-order valence-corrected chi connectivity index (χ1v) is 7.68. The van der Waals surface area contributed by atoms with Crippen molar-refractivity contribution in [3.05, 3.63) is 33.5 Å². The van der Waals surface area contributed by atoms with Gasteiger partial charge in [0.05, 0.1) is 0 Å². The first-order valence-electron chi connectivity index (χ1n) is 6.07. The van der Waals surface area contributed by atoms with Gasteiger partial charge < -0.3 is 5.32 Å². The zero-order valence-electron chi connectivity index (χ0n) is 10.8. The van der Waals surface area contributed by atoms with Crippen molar-refractivity contribution in [1.29, 1.82) is 0 Å². The van der Waals surface area contributed by atoms with Gasteiger partial charge in [-0.05, 0) is 18.2 Å². The fourth-order valence-corrected chi connectivity index (χ4v) is 2.91. The molecule has 0 saturated heterocycles. The van der Waals surface area contributed by atoms with Crippen LogP contribution in [0.2, 0.25) is 0 Å². The van der Waals surface area contributed by atoms with E-state index in [1.54, 1.807) is 0 Å². The Morgan fingerprint density at radius 3 is 2.79 bits per heavy atom. The Hall–Kier alpha value is -0.850. The number of hydrogen-bond acceptors (Lipinski definition) is 4. The summed E-state index contributed by atoms with van der Waals surface area (Å²) in [6.07, 6.45) is 0.840. The minimum Gasteiger partial charge on any atom is -0.314 e. The van der Waals surface area contributed by atoms with Crippen LogP contribution in [0.5, 0.6) is 0 Å². The lowest BCUT2D eigenvalue weighted by molar-refractivity contribution is 0.588. The third kappa shape index (κ3) is 4.33. The van der Waals surface area contributed by atoms with E-state index in [9.17, 15) is 4.39 Å². The van der Waals surface area contributed by atoms with Gasteiger partial charge in [0.25, 0.3) is 0 Å². The number of nitrogens with one attached hydrogen (secondary N) is 1. The van der Waals surface area contributed by atoms with E-state index in [0.29, 0.717) is 10.5 Å². The van der Waals surface area contributed by atoms with Crippen LogP contribution in [-0.2, 0) is 6.42 Å². The fraction of sp³-hybridized carbons (Fsp3) is 0.385. The molecule has 0 bridgehead atoms. The van der Waals surface area contributed by atoms with E-state index in [4.69, 9.17) is 0 Å². The van der Waals surface area contributed by atoms with Crippen LogP contribution in [0, 0.1) is 5.82 Å².